The van der Waals surface area contributed by atoms with Crippen molar-refractivity contribution >= 4 is 17.7 Å². The Labute approximate surface area is 125 Å². The zero-order valence-electron chi connectivity index (χ0n) is 11.9. The third-order valence-corrected chi connectivity index (χ3v) is 4.72. The smallest absolute Gasteiger partial charge is 0.230 e. The highest BCUT2D eigenvalue weighted by atomic mass is 32.2. The van der Waals surface area contributed by atoms with Crippen LogP contribution in [0.3, 0.4) is 0 Å². The minimum atomic E-state index is 0.153. The van der Waals surface area contributed by atoms with E-state index in [1.807, 2.05) is 18.2 Å². The number of rotatable bonds is 5. The topological polar surface area (TPSA) is 55.1 Å². The largest absolute Gasteiger partial charge is 0.353 e. The number of carbonyl (C=O) groups is 1. The molecule has 1 saturated carbocycles. The molecule has 0 spiro atoms. The summed E-state index contributed by atoms with van der Waals surface area (Å²) in [6.07, 6.45) is 7.39. The minimum absolute atomic E-state index is 0.153. The van der Waals surface area contributed by atoms with Crippen LogP contribution in [0.4, 0.5) is 0 Å². The maximum Gasteiger partial charge on any atom is 0.230 e. The molecule has 1 aromatic carbocycles. The summed E-state index contributed by atoms with van der Waals surface area (Å²) in [5, 5.41) is 3.17. The predicted molar refractivity (Wildman–Crippen MR) is 84.7 cm³/mol. The predicted octanol–water partition coefficient (Wildman–Crippen LogP) is 3.08. The van der Waals surface area contributed by atoms with Gasteiger partial charge in [0.25, 0.3) is 0 Å². The van der Waals surface area contributed by atoms with E-state index in [4.69, 9.17) is 5.73 Å². The molecular formula is C16H24N2OS. The Bertz CT molecular complexity index is 428. The molecule has 1 aromatic rings. The quantitative estimate of drug-likeness (QED) is 0.648. The fraction of sp³-hybridized carbons (Fsp3) is 0.562. The molecule has 4 heteroatoms. The van der Waals surface area contributed by atoms with Gasteiger partial charge in [0.15, 0.2) is 0 Å². The fourth-order valence-electron chi connectivity index (χ4n) is 2.60. The van der Waals surface area contributed by atoms with Crippen LogP contribution in [0.5, 0.6) is 0 Å². The first-order chi connectivity index (χ1) is 9.78. The van der Waals surface area contributed by atoms with Gasteiger partial charge in [0, 0.05) is 17.5 Å². The van der Waals surface area contributed by atoms with E-state index in [0.717, 1.165) is 23.3 Å². The number of benzene rings is 1. The van der Waals surface area contributed by atoms with Crippen LogP contribution in [0.1, 0.15) is 44.1 Å². The molecule has 3 nitrogen and oxygen atoms in total. The average molecular weight is 292 g/mol. The van der Waals surface area contributed by atoms with E-state index >= 15 is 0 Å². The number of amides is 1. The first-order valence-electron chi connectivity index (χ1n) is 7.49. The highest BCUT2D eigenvalue weighted by Crippen LogP contribution is 2.20. The third-order valence-electron chi connectivity index (χ3n) is 3.72. The lowest BCUT2D eigenvalue weighted by Crippen LogP contribution is -2.35. The molecule has 2 rings (SSSR count). The number of carbonyl (C=O) groups excluding carboxylic acids is 1. The highest BCUT2D eigenvalue weighted by molar-refractivity contribution is 8.00. The SMILES string of the molecule is NCc1cccc(SCC(=O)NC2CCCCCC2)c1. The Hall–Kier alpha value is -1.00. The van der Waals surface area contributed by atoms with Gasteiger partial charge in [0.2, 0.25) is 5.91 Å². The summed E-state index contributed by atoms with van der Waals surface area (Å²) < 4.78 is 0. The summed E-state index contributed by atoms with van der Waals surface area (Å²) in [6.45, 7) is 0.544. The maximum absolute atomic E-state index is 12.0. The number of thioether (sulfide) groups is 1. The van der Waals surface area contributed by atoms with Crippen LogP contribution in [0.25, 0.3) is 0 Å². The molecule has 0 radical (unpaired) electrons. The van der Waals surface area contributed by atoms with Gasteiger partial charge in [-0.25, -0.2) is 0 Å². The lowest BCUT2D eigenvalue weighted by Gasteiger charge is -2.16. The number of nitrogens with two attached hydrogens (primary N) is 1. The van der Waals surface area contributed by atoms with E-state index in [-0.39, 0.29) is 5.91 Å². The van der Waals surface area contributed by atoms with Gasteiger partial charge in [-0.3, -0.25) is 4.79 Å². The lowest BCUT2D eigenvalue weighted by atomic mass is 10.1. The standard InChI is InChI=1S/C16H24N2OS/c17-11-13-6-5-9-15(10-13)20-12-16(19)18-14-7-3-1-2-4-8-14/h5-6,9-10,14H,1-4,7-8,11-12,17H2,(H,18,19). The Balaban J connectivity index is 1.76. The second-order valence-corrected chi connectivity index (χ2v) is 6.44. The van der Waals surface area contributed by atoms with Gasteiger partial charge in [-0.1, -0.05) is 37.8 Å². The summed E-state index contributed by atoms with van der Waals surface area (Å²) in [7, 11) is 0. The van der Waals surface area contributed by atoms with Crippen LogP contribution in [-0.4, -0.2) is 17.7 Å². The lowest BCUT2D eigenvalue weighted by molar-refractivity contribution is -0.119. The Morgan fingerprint density at radius 3 is 2.70 bits per heavy atom. The molecule has 0 unspecified atom stereocenters. The van der Waals surface area contributed by atoms with Gasteiger partial charge < -0.3 is 11.1 Å². The van der Waals surface area contributed by atoms with Gasteiger partial charge in [-0.2, -0.15) is 0 Å². The van der Waals surface area contributed by atoms with Crippen LogP contribution in [-0.2, 0) is 11.3 Å². The first kappa shape index (κ1) is 15.4. The second-order valence-electron chi connectivity index (χ2n) is 5.40. The van der Waals surface area contributed by atoms with E-state index in [2.05, 4.69) is 11.4 Å². The van der Waals surface area contributed by atoms with Crippen molar-refractivity contribution in [2.45, 2.75) is 56.0 Å². The maximum atomic E-state index is 12.0. The monoisotopic (exact) mass is 292 g/mol. The van der Waals surface area contributed by atoms with Crippen LogP contribution in [0.2, 0.25) is 0 Å². The molecule has 1 aliphatic carbocycles. The highest BCUT2D eigenvalue weighted by Gasteiger charge is 2.14. The van der Waals surface area contributed by atoms with Crippen molar-refractivity contribution in [3.63, 3.8) is 0 Å². The zero-order chi connectivity index (χ0) is 14.2. The summed E-state index contributed by atoms with van der Waals surface area (Å²) in [5.41, 5.74) is 6.73. The van der Waals surface area contributed by atoms with Crippen LogP contribution in [0.15, 0.2) is 29.2 Å². The van der Waals surface area contributed by atoms with Gasteiger partial charge in [0.05, 0.1) is 5.75 Å². The fourth-order valence-corrected chi connectivity index (χ4v) is 3.39. The van der Waals surface area contributed by atoms with E-state index in [9.17, 15) is 4.79 Å². The average Bonchev–Trinajstić information content (AvgIpc) is 2.74. The number of hydrogen-bond acceptors (Lipinski definition) is 3. The third kappa shape index (κ3) is 5.17. The second kappa shape index (κ2) is 8.32. The molecule has 0 saturated heterocycles. The van der Waals surface area contributed by atoms with Crippen molar-refractivity contribution in [1.29, 1.82) is 0 Å². The zero-order valence-corrected chi connectivity index (χ0v) is 12.8. The van der Waals surface area contributed by atoms with E-state index in [1.165, 1.54) is 25.7 Å². The van der Waals surface area contributed by atoms with Crippen LogP contribution < -0.4 is 11.1 Å². The summed E-state index contributed by atoms with van der Waals surface area (Å²) >= 11 is 1.58. The molecule has 1 aliphatic rings. The number of hydrogen-bond donors (Lipinski definition) is 2. The van der Waals surface area contributed by atoms with Crippen molar-refractivity contribution in [1.82, 2.24) is 5.32 Å². The van der Waals surface area contributed by atoms with Crippen LogP contribution >= 0.6 is 11.8 Å². The van der Waals surface area contributed by atoms with Crippen molar-refractivity contribution in [2.24, 2.45) is 5.73 Å². The van der Waals surface area contributed by atoms with Crippen molar-refractivity contribution in [3.8, 4) is 0 Å². The van der Waals surface area contributed by atoms with E-state index in [0.29, 0.717) is 18.3 Å². The Morgan fingerprint density at radius 1 is 1.25 bits per heavy atom. The molecule has 3 N–H and O–H groups in total. The Morgan fingerprint density at radius 2 is 2.00 bits per heavy atom. The molecule has 1 fully saturated rings. The first-order valence-corrected chi connectivity index (χ1v) is 8.47. The molecule has 20 heavy (non-hydrogen) atoms. The Kier molecular flexibility index (Phi) is 6.40. The molecule has 1 amide bonds. The summed E-state index contributed by atoms with van der Waals surface area (Å²) in [6, 6.07) is 8.48. The number of nitrogens with one attached hydrogen (secondary N) is 1. The van der Waals surface area contributed by atoms with E-state index in [1.54, 1.807) is 11.8 Å². The summed E-state index contributed by atoms with van der Waals surface area (Å²) in [5.74, 6) is 0.643. The van der Waals surface area contributed by atoms with Crippen molar-refractivity contribution in [2.75, 3.05) is 5.75 Å². The molecule has 110 valence electrons. The van der Waals surface area contributed by atoms with Crippen molar-refractivity contribution < 1.29 is 4.79 Å². The minimum Gasteiger partial charge on any atom is -0.353 e. The van der Waals surface area contributed by atoms with Gasteiger partial charge >= 0.3 is 0 Å². The van der Waals surface area contributed by atoms with Gasteiger partial charge in [-0.15, -0.1) is 11.8 Å². The molecule has 0 bridgehead atoms. The molecular weight excluding hydrogens is 268 g/mol. The van der Waals surface area contributed by atoms with Crippen molar-refractivity contribution in [3.05, 3.63) is 29.8 Å². The summed E-state index contributed by atoms with van der Waals surface area (Å²) in [4.78, 5) is 13.1. The van der Waals surface area contributed by atoms with Crippen LogP contribution in [0, 0.1) is 0 Å². The van der Waals surface area contributed by atoms with Gasteiger partial charge in [0.1, 0.15) is 0 Å². The van der Waals surface area contributed by atoms with E-state index < -0.39 is 0 Å². The molecule has 0 aliphatic heterocycles. The molecule has 0 atom stereocenters. The van der Waals surface area contributed by atoms with Gasteiger partial charge in [-0.05, 0) is 30.5 Å². The normalized spacial score (nSPS) is 16.6. The molecule has 0 heterocycles. The molecule has 0 aromatic heterocycles.